The molecule has 0 saturated carbocycles. The van der Waals surface area contributed by atoms with Gasteiger partial charge in [0.25, 0.3) is 5.91 Å². The number of benzene rings is 1. The lowest BCUT2D eigenvalue weighted by Gasteiger charge is -2.13. The number of carbonyl (C=O) groups excluding carboxylic acids is 1. The molecule has 2 rings (SSSR count). The molecule has 6 nitrogen and oxygen atoms in total. The van der Waals surface area contributed by atoms with Gasteiger partial charge in [-0.3, -0.25) is 4.79 Å². The number of rotatable bonds is 5. The maximum atomic E-state index is 13.4. The highest BCUT2D eigenvalue weighted by molar-refractivity contribution is 6.05. The number of H-pyrrole nitrogens is 1. The van der Waals surface area contributed by atoms with Gasteiger partial charge in [0.2, 0.25) is 0 Å². The van der Waals surface area contributed by atoms with Gasteiger partial charge in [0.05, 0.1) is 17.4 Å². The Balaban J connectivity index is 2.31. The molecule has 0 aliphatic rings. The van der Waals surface area contributed by atoms with E-state index in [1.165, 1.54) is 12.4 Å². The van der Waals surface area contributed by atoms with Gasteiger partial charge in [-0.25, -0.2) is 14.2 Å². The van der Waals surface area contributed by atoms with Crippen LogP contribution in [-0.2, 0) is 4.79 Å². The van der Waals surface area contributed by atoms with Crippen LogP contribution in [0.2, 0.25) is 0 Å². The van der Waals surface area contributed by atoms with Crippen LogP contribution in [-0.4, -0.2) is 33.0 Å². The summed E-state index contributed by atoms with van der Waals surface area (Å²) in [5.74, 6) is -2.36. The molecule has 1 unspecified atom stereocenters. The van der Waals surface area contributed by atoms with E-state index in [0.717, 1.165) is 6.07 Å². The first-order valence-corrected chi connectivity index (χ1v) is 6.19. The van der Waals surface area contributed by atoms with Gasteiger partial charge in [0.1, 0.15) is 17.4 Å². The number of nitrogens with zero attached hydrogens (tertiary/aromatic N) is 1. The molecule has 3 N–H and O–H groups in total. The van der Waals surface area contributed by atoms with Crippen molar-refractivity contribution in [1.29, 1.82) is 0 Å². The predicted molar refractivity (Wildman–Crippen MR) is 69.8 cm³/mol. The SMILES string of the molecule is CCCC(NC(=O)c1cc(F)cc2[nH]cnc12)C(=O)O. The van der Waals surface area contributed by atoms with Crippen LogP contribution in [0.15, 0.2) is 18.5 Å². The molecule has 0 saturated heterocycles. The standard InChI is InChI=1S/C13H14FN3O3/c1-2-3-9(13(19)20)17-12(18)8-4-7(14)5-10-11(8)16-6-15-10/h4-6,9H,2-3H2,1H3,(H,15,16)(H,17,18)(H,19,20). The second-order valence-electron chi connectivity index (χ2n) is 4.41. The number of aromatic amines is 1. The number of imidazole rings is 1. The van der Waals surface area contributed by atoms with Crippen molar-refractivity contribution in [3.05, 3.63) is 29.8 Å². The first-order chi connectivity index (χ1) is 9.52. The van der Waals surface area contributed by atoms with E-state index in [4.69, 9.17) is 5.11 Å². The van der Waals surface area contributed by atoms with E-state index in [-0.39, 0.29) is 5.56 Å². The number of amides is 1. The number of halogens is 1. The zero-order valence-electron chi connectivity index (χ0n) is 10.8. The van der Waals surface area contributed by atoms with Crippen molar-refractivity contribution < 1.29 is 19.1 Å². The maximum Gasteiger partial charge on any atom is 0.326 e. The summed E-state index contributed by atoms with van der Waals surface area (Å²) in [6.45, 7) is 1.82. The number of aliphatic carboxylic acids is 1. The molecule has 0 bridgehead atoms. The van der Waals surface area contributed by atoms with Crippen molar-refractivity contribution >= 4 is 22.9 Å². The van der Waals surface area contributed by atoms with Crippen LogP contribution in [0, 0.1) is 5.82 Å². The quantitative estimate of drug-likeness (QED) is 0.776. The molecular formula is C13H14FN3O3. The van der Waals surface area contributed by atoms with Gasteiger partial charge < -0.3 is 15.4 Å². The first-order valence-electron chi connectivity index (χ1n) is 6.19. The fourth-order valence-corrected chi connectivity index (χ4v) is 1.97. The topological polar surface area (TPSA) is 95.1 Å². The Morgan fingerprint density at radius 2 is 2.25 bits per heavy atom. The van der Waals surface area contributed by atoms with Crippen LogP contribution in [0.5, 0.6) is 0 Å². The number of carbonyl (C=O) groups is 2. The molecule has 0 radical (unpaired) electrons. The molecule has 20 heavy (non-hydrogen) atoms. The minimum absolute atomic E-state index is 0.0172. The smallest absolute Gasteiger partial charge is 0.326 e. The van der Waals surface area contributed by atoms with Crippen LogP contribution < -0.4 is 5.32 Å². The highest BCUT2D eigenvalue weighted by atomic mass is 19.1. The van der Waals surface area contributed by atoms with Crippen molar-refractivity contribution in [3.63, 3.8) is 0 Å². The number of nitrogens with one attached hydrogen (secondary N) is 2. The van der Waals surface area contributed by atoms with Crippen LogP contribution in [0.4, 0.5) is 4.39 Å². The Morgan fingerprint density at radius 1 is 1.50 bits per heavy atom. The summed E-state index contributed by atoms with van der Waals surface area (Å²) in [5, 5.41) is 11.4. The van der Waals surface area contributed by atoms with Crippen LogP contribution in [0.1, 0.15) is 30.1 Å². The summed E-state index contributed by atoms with van der Waals surface area (Å²) < 4.78 is 13.4. The molecular weight excluding hydrogens is 265 g/mol. The van der Waals surface area contributed by atoms with E-state index >= 15 is 0 Å². The molecule has 1 atom stereocenters. The summed E-state index contributed by atoms with van der Waals surface area (Å²) in [6.07, 6.45) is 2.26. The van der Waals surface area contributed by atoms with Gasteiger partial charge >= 0.3 is 5.97 Å². The molecule has 0 fully saturated rings. The zero-order valence-corrected chi connectivity index (χ0v) is 10.8. The summed E-state index contributed by atoms with van der Waals surface area (Å²) in [5.41, 5.74) is 0.714. The molecule has 0 spiro atoms. The van der Waals surface area contributed by atoms with Crippen molar-refractivity contribution in [2.75, 3.05) is 0 Å². The fourth-order valence-electron chi connectivity index (χ4n) is 1.97. The summed E-state index contributed by atoms with van der Waals surface area (Å²) in [7, 11) is 0. The van der Waals surface area contributed by atoms with Gasteiger partial charge in [0, 0.05) is 0 Å². The third-order valence-corrected chi connectivity index (χ3v) is 2.91. The van der Waals surface area contributed by atoms with E-state index < -0.39 is 23.7 Å². The van der Waals surface area contributed by atoms with E-state index in [0.29, 0.717) is 23.9 Å². The minimum Gasteiger partial charge on any atom is -0.480 e. The monoisotopic (exact) mass is 279 g/mol. The summed E-state index contributed by atoms with van der Waals surface area (Å²) >= 11 is 0. The van der Waals surface area contributed by atoms with Gasteiger partial charge in [0.15, 0.2) is 0 Å². The molecule has 1 aromatic heterocycles. The lowest BCUT2D eigenvalue weighted by molar-refractivity contribution is -0.139. The predicted octanol–water partition coefficient (Wildman–Crippen LogP) is 1.69. The summed E-state index contributed by atoms with van der Waals surface area (Å²) in [6, 6.07) is 1.27. The van der Waals surface area contributed by atoms with Crippen molar-refractivity contribution in [1.82, 2.24) is 15.3 Å². The number of hydrogen-bond acceptors (Lipinski definition) is 3. The maximum absolute atomic E-state index is 13.4. The van der Waals surface area contributed by atoms with Crippen molar-refractivity contribution in [3.8, 4) is 0 Å². The second-order valence-corrected chi connectivity index (χ2v) is 4.41. The number of aromatic nitrogens is 2. The number of hydrogen-bond donors (Lipinski definition) is 3. The third kappa shape index (κ3) is 2.76. The number of carboxylic acid groups (broad SMARTS) is 1. The van der Waals surface area contributed by atoms with E-state index in [1.807, 2.05) is 6.92 Å². The molecule has 1 aromatic carbocycles. The Morgan fingerprint density at radius 3 is 2.90 bits per heavy atom. The van der Waals surface area contributed by atoms with Gasteiger partial charge in [-0.1, -0.05) is 13.3 Å². The van der Waals surface area contributed by atoms with E-state index in [1.54, 1.807) is 0 Å². The van der Waals surface area contributed by atoms with Crippen molar-refractivity contribution in [2.24, 2.45) is 0 Å². The molecule has 106 valence electrons. The zero-order chi connectivity index (χ0) is 14.7. The molecule has 1 heterocycles. The lowest BCUT2D eigenvalue weighted by atomic mass is 10.1. The average molecular weight is 279 g/mol. The highest BCUT2D eigenvalue weighted by Gasteiger charge is 2.22. The molecule has 2 aromatic rings. The molecule has 1 amide bonds. The van der Waals surface area contributed by atoms with Crippen LogP contribution in [0.25, 0.3) is 11.0 Å². The average Bonchev–Trinajstić information content (AvgIpc) is 2.84. The van der Waals surface area contributed by atoms with E-state index in [9.17, 15) is 14.0 Å². The van der Waals surface area contributed by atoms with E-state index in [2.05, 4.69) is 15.3 Å². The Hall–Kier alpha value is -2.44. The van der Waals surface area contributed by atoms with Gasteiger partial charge in [-0.05, 0) is 18.6 Å². The normalized spacial score (nSPS) is 12.3. The lowest BCUT2D eigenvalue weighted by Crippen LogP contribution is -2.40. The minimum atomic E-state index is -1.12. The third-order valence-electron chi connectivity index (χ3n) is 2.91. The van der Waals surface area contributed by atoms with Crippen LogP contribution >= 0.6 is 0 Å². The Labute approximate surface area is 114 Å². The molecule has 7 heteroatoms. The molecule has 0 aliphatic carbocycles. The second kappa shape index (κ2) is 5.68. The summed E-state index contributed by atoms with van der Waals surface area (Å²) in [4.78, 5) is 29.8. The Kier molecular flexibility index (Phi) is 3.97. The Bertz CT molecular complexity index is 653. The van der Waals surface area contributed by atoms with Gasteiger partial charge in [-0.2, -0.15) is 0 Å². The van der Waals surface area contributed by atoms with Crippen molar-refractivity contribution in [2.45, 2.75) is 25.8 Å². The first kappa shape index (κ1) is 14.0. The molecule has 0 aliphatic heterocycles. The van der Waals surface area contributed by atoms with Gasteiger partial charge in [-0.15, -0.1) is 0 Å². The largest absolute Gasteiger partial charge is 0.480 e. The number of carboxylic acids is 1. The van der Waals surface area contributed by atoms with Crippen LogP contribution in [0.3, 0.4) is 0 Å². The fraction of sp³-hybridized carbons (Fsp3) is 0.308. The highest BCUT2D eigenvalue weighted by Crippen LogP contribution is 2.17. The number of fused-ring (bicyclic) bond motifs is 1.